The highest BCUT2D eigenvalue weighted by atomic mass is 35.5. The molecular weight excluding hydrogens is 490 g/mol. The van der Waals surface area contributed by atoms with Gasteiger partial charge in [0.05, 0.1) is 37.5 Å². The van der Waals surface area contributed by atoms with Crippen molar-refractivity contribution >= 4 is 40.9 Å². The van der Waals surface area contributed by atoms with E-state index in [-0.39, 0.29) is 27.7 Å². The minimum Gasteiger partial charge on any atom is -0.497 e. The molecule has 0 heterocycles. The summed E-state index contributed by atoms with van der Waals surface area (Å²) in [5, 5.41) is 16.7. The number of ether oxygens (including phenoxy) is 3. The minimum absolute atomic E-state index is 0.0878. The Hall–Kier alpha value is -4.57. The first kappa shape index (κ1) is 26.0. The lowest BCUT2D eigenvalue weighted by molar-refractivity contribution is -0.384. The second-order valence-corrected chi connectivity index (χ2v) is 7.67. The highest BCUT2D eigenvalue weighted by molar-refractivity contribution is 6.31. The lowest BCUT2D eigenvalue weighted by Gasteiger charge is -2.15. The summed E-state index contributed by atoms with van der Waals surface area (Å²) in [5.41, 5.74) is 0.338. The number of nitrogens with zero attached hydrogens (tertiary/aromatic N) is 1. The molecule has 0 saturated carbocycles. The number of nitro groups is 1. The Labute approximate surface area is 211 Å². The van der Waals surface area contributed by atoms with Gasteiger partial charge in [-0.3, -0.25) is 19.7 Å². The Balaban J connectivity index is 2.01. The van der Waals surface area contributed by atoms with E-state index in [1.807, 2.05) is 0 Å². The highest BCUT2D eigenvalue weighted by Crippen LogP contribution is 2.29. The van der Waals surface area contributed by atoms with Crippen LogP contribution in [0.15, 0.2) is 66.4 Å². The van der Waals surface area contributed by atoms with Gasteiger partial charge in [0, 0.05) is 23.2 Å². The summed E-state index contributed by atoms with van der Waals surface area (Å²) in [7, 11) is 4.31. The van der Waals surface area contributed by atoms with Crippen molar-refractivity contribution < 1.29 is 28.7 Å². The number of carbonyl (C=O) groups is 2. The molecule has 3 rings (SSSR count). The zero-order chi connectivity index (χ0) is 26.2. The van der Waals surface area contributed by atoms with Gasteiger partial charge in [0.2, 0.25) is 0 Å². The molecule has 0 radical (unpaired) electrons. The van der Waals surface area contributed by atoms with Crippen LogP contribution in [0.3, 0.4) is 0 Å². The zero-order valence-electron chi connectivity index (χ0n) is 19.5. The van der Waals surface area contributed by atoms with Crippen LogP contribution in [0.5, 0.6) is 17.2 Å². The number of halogens is 1. The smallest absolute Gasteiger partial charge is 0.272 e. The Kier molecular flexibility index (Phi) is 8.48. The molecule has 2 N–H and O–H groups in total. The summed E-state index contributed by atoms with van der Waals surface area (Å²) < 4.78 is 15.7. The van der Waals surface area contributed by atoms with Gasteiger partial charge >= 0.3 is 0 Å². The molecule has 2 amide bonds. The third-order valence-electron chi connectivity index (χ3n) is 4.95. The van der Waals surface area contributed by atoms with E-state index in [9.17, 15) is 19.7 Å². The summed E-state index contributed by atoms with van der Waals surface area (Å²) in [5.74, 6) is -0.315. The number of rotatable bonds is 9. The van der Waals surface area contributed by atoms with Gasteiger partial charge in [-0.05, 0) is 42.0 Å². The standard InChI is InChI=1S/C25H22ClN3O7/c1-34-18-8-9-20(23(14-18)36-3)27-25(31)21(12-15-5-4-6-17(11-15)29(32)33)28-24(30)19-13-16(26)7-10-22(19)35-2/h4-14H,1-3H3,(H,27,31)(H,28,30). The first-order valence-corrected chi connectivity index (χ1v) is 10.8. The third-order valence-corrected chi connectivity index (χ3v) is 5.18. The monoisotopic (exact) mass is 511 g/mol. The number of hydrogen-bond donors (Lipinski definition) is 2. The van der Waals surface area contributed by atoms with Crippen LogP contribution < -0.4 is 24.8 Å². The summed E-state index contributed by atoms with van der Waals surface area (Å²) in [6.07, 6.45) is 1.31. The predicted octanol–water partition coefficient (Wildman–Crippen LogP) is 4.68. The summed E-state index contributed by atoms with van der Waals surface area (Å²) >= 11 is 6.04. The van der Waals surface area contributed by atoms with Crippen LogP contribution in [-0.4, -0.2) is 38.1 Å². The Morgan fingerprint density at radius 3 is 2.36 bits per heavy atom. The molecule has 0 aliphatic carbocycles. The van der Waals surface area contributed by atoms with E-state index in [2.05, 4.69) is 10.6 Å². The van der Waals surface area contributed by atoms with Gasteiger partial charge in [0.15, 0.2) is 0 Å². The number of hydrogen-bond acceptors (Lipinski definition) is 7. The number of amides is 2. The lowest BCUT2D eigenvalue weighted by Crippen LogP contribution is -2.31. The van der Waals surface area contributed by atoms with Crippen molar-refractivity contribution in [2.75, 3.05) is 26.6 Å². The molecule has 0 fully saturated rings. The Morgan fingerprint density at radius 2 is 1.69 bits per heavy atom. The van der Waals surface area contributed by atoms with Crippen molar-refractivity contribution in [2.24, 2.45) is 0 Å². The van der Waals surface area contributed by atoms with Crippen LogP contribution in [0.25, 0.3) is 6.08 Å². The van der Waals surface area contributed by atoms with Crippen molar-refractivity contribution in [1.29, 1.82) is 0 Å². The molecule has 3 aromatic rings. The van der Waals surface area contributed by atoms with Crippen LogP contribution in [-0.2, 0) is 4.79 Å². The molecule has 0 spiro atoms. The van der Waals surface area contributed by atoms with Crippen molar-refractivity contribution in [1.82, 2.24) is 5.32 Å². The topological polar surface area (TPSA) is 129 Å². The van der Waals surface area contributed by atoms with Gasteiger partial charge in [-0.15, -0.1) is 0 Å². The first-order valence-electron chi connectivity index (χ1n) is 10.4. The van der Waals surface area contributed by atoms with Gasteiger partial charge in [-0.25, -0.2) is 0 Å². The predicted molar refractivity (Wildman–Crippen MR) is 135 cm³/mol. The van der Waals surface area contributed by atoms with E-state index in [1.54, 1.807) is 30.3 Å². The summed E-state index contributed by atoms with van der Waals surface area (Å²) in [6.45, 7) is 0. The molecule has 0 aliphatic heterocycles. The number of nitro benzene ring substituents is 1. The highest BCUT2D eigenvalue weighted by Gasteiger charge is 2.20. The molecule has 3 aromatic carbocycles. The molecule has 0 saturated heterocycles. The van der Waals surface area contributed by atoms with Gasteiger partial charge in [-0.2, -0.15) is 0 Å². The average molecular weight is 512 g/mol. The fourth-order valence-electron chi connectivity index (χ4n) is 3.19. The quantitative estimate of drug-likeness (QED) is 0.242. The molecule has 0 unspecified atom stereocenters. The number of carbonyl (C=O) groups excluding carboxylic acids is 2. The van der Waals surface area contributed by atoms with Crippen LogP contribution in [0.2, 0.25) is 5.02 Å². The maximum atomic E-state index is 13.3. The van der Waals surface area contributed by atoms with Crippen LogP contribution in [0.4, 0.5) is 11.4 Å². The first-order chi connectivity index (χ1) is 17.2. The van der Waals surface area contributed by atoms with Crippen molar-refractivity contribution in [3.8, 4) is 17.2 Å². The van der Waals surface area contributed by atoms with Gasteiger partial charge in [0.1, 0.15) is 22.9 Å². The van der Waals surface area contributed by atoms with E-state index in [0.717, 1.165) is 0 Å². The van der Waals surface area contributed by atoms with Crippen LogP contribution in [0.1, 0.15) is 15.9 Å². The average Bonchev–Trinajstić information content (AvgIpc) is 2.88. The summed E-state index contributed by atoms with van der Waals surface area (Å²) in [4.78, 5) is 37.0. The minimum atomic E-state index is -0.709. The molecule has 0 atom stereocenters. The van der Waals surface area contributed by atoms with Crippen LogP contribution >= 0.6 is 11.6 Å². The zero-order valence-corrected chi connectivity index (χ0v) is 20.3. The molecule has 11 heteroatoms. The number of benzene rings is 3. The van der Waals surface area contributed by atoms with Gasteiger partial charge in [-0.1, -0.05) is 23.7 Å². The van der Waals surface area contributed by atoms with E-state index in [1.165, 1.54) is 57.7 Å². The molecule has 0 aliphatic rings. The largest absolute Gasteiger partial charge is 0.497 e. The second kappa shape index (κ2) is 11.7. The second-order valence-electron chi connectivity index (χ2n) is 7.23. The van der Waals surface area contributed by atoms with E-state index in [4.69, 9.17) is 25.8 Å². The molecule has 0 bridgehead atoms. The fourth-order valence-corrected chi connectivity index (χ4v) is 3.36. The Morgan fingerprint density at radius 1 is 0.944 bits per heavy atom. The van der Waals surface area contributed by atoms with E-state index >= 15 is 0 Å². The third kappa shape index (κ3) is 6.30. The van der Waals surface area contributed by atoms with Crippen molar-refractivity contribution in [2.45, 2.75) is 0 Å². The molecule has 36 heavy (non-hydrogen) atoms. The molecule has 10 nitrogen and oxygen atoms in total. The van der Waals surface area contributed by atoms with Crippen molar-refractivity contribution in [3.63, 3.8) is 0 Å². The molecular formula is C25H22ClN3O7. The van der Waals surface area contributed by atoms with E-state index in [0.29, 0.717) is 22.7 Å². The summed E-state index contributed by atoms with van der Waals surface area (Å²) in [6, 6.07) is 14.8. The lowest BCUT2D eigenvalue weighted by atomic mass is 10.1. The number of non-ortho nitro benzene ring substituents is 1. The number of anilines is 1. The van der Waals surface area contributed by atoms with Crippen LogP contribution in [0, 0.1) is 10.1 Å². The SMILES string of the molecule is COc1ccc(NC(=O)C(=Cc2cccc([N+](=O)[O-])c2)NC(=O)c2cc(Cl)ccc2OC)c(OC)c1. The van der Waals surface area contributed by atoms with Crippen molar-refractivity contribution in [3.05, 3.63) is 92.6 Å². The molecule has 186 valence electrons. The number of nitrogens with one attached hydrogen (secondary N) is 2. The maximum Gasteiger partial charge on any atom is 0.272 e. The fraction of sp³-hybridized carbons (Fsp3) is 0.120. The van der Waals surface area contributed by atoms with Gasteiger partial charge in [0.25, 0.3) is 17.5 Å². The number of methoxy groups -OCH3 is 3. The van der Waals surface area contributed by atoms with E-state index < -0.39 is 16.7 Å². The maximum absolute atomic E-state index is 13.3. The Bertz CT molecular complexity index is 1340. The van der Waals surface area contributed by atoms with Gasteiger partial charge < -0.3 is 24.8 Å². The molecule has 0 aromatic heterocycles. The normalized spacial score (nSPS) is 10.8.